The molecule has 0 radical (unpaired) electrons. The van der Waals surface area contributed by atoms with Gasteiger partial charge in [-0.15, -0.1) is 5.10 Å². The van der Waals surface area contributed by atoms with Gasteiger partial charge in [-0.3, -0.25) is 0 Å². The van der Waals surface area contributed by atoms with Crippen LogP contribution < -0.4 is 0 Å². The molecule has 0 saturated carbocycles. The predicted octanol–water partition coefficient (Wildman–Crippen LogP) is 1.68. The average Bonchev–Trinajstić information content (AvgIpc) is 3.10. The Labute approximate surface area is 144 Å². The van der Waals surface area contributed by atoms with E-state index in [1.165, 1.54) is 10.9 Å². The van der Waals surface area contributed by atoms with Gasteiger partial charge >= 0.3 is 0 Å². The molecule has 0 bridgehead atoms. The van der Waals surface area contributed by atoms with Crippen molar-refractivity contribution in [3.8, 4) is 11.3 Å². The van der Waals surface area contributed by atoms with Crippen LogP contribution in [0, 0.1) is 17.5 Å². The number of hydrogen-bond donors (Lipinski definition) is 2. The monoisotopic (exact) mass is 370 g/mol. The highest BCUT2D eigenvalue weighted by Gasteiger charge is 2.38. The van der Waals surface area contributed by atoms with Gasteiger partial charge in [0.05, 0.1) is 18.8 Å². The van der Waals surface area contributed by atoms with E-state index in [4.69, 9.17) is 10.3 Å². The van der Waals surface area contributed by atoms with Crippen molar-refractivity contribution in [3.05, 3.63) is 46.2 Å². The van der Waals surface area contributed by atoms with Gasteiger partial charge in [0.1, 0.15) is 24.1 Å². The van der Waals surface area contributed by atoms with Crippen LogP contribution in [0.15, 0.2) is 23.4 Å². The summed E-state index contributed by atoms with van der Waals surface area (Å²) in [6, 6.07) is 0.770. The molecule has 2 N–H and O–H groups in total. The van der Waals surface area contributed by atoms with Crippen LogP contribution >= 0.6 is 0 Å². The highest BCUT2D eigenvalue weighted by molar-refractivity contribution is 5.57. The molecule has 0 aliphatic carbocycles. The maximum Gasteiger partial charge on any atom is 0.194 e. The Morgan fingerprint density at radius 2 is 2.04 bits per heavy atom. The standard InChI is InChI=1S/C14H13F3N6O3/c15-7-1-6(2-8(16)13(7)17)9-4-23(22-19-9)10-3-12(20-21-18)26-11(5-24)14(10)25/h1-2,4,10-12,14,24-25H,3,5H2/t10-,11-,12-,14-/m1/s1. The van der Waals surface area contributed by atoms with E-state index in [1.807, 2.05) is 0 Å². The van der Waals surface area contributed by atoms with Crippen molar-refractivity contribution in [1.82, 2.24) is 15.0 Å². The second-order valence-electron chi connectivity index (χ2n) is 5.65. The van der Waals surface area contributed by atoms with Crippen molar-refractivity contribution in [2.75, 3.05) is 6.61 Å². The number of azide groups is 1. The minimum absolute atomic E-state index is 0.0384. The third-order valence-corrected chi connectivity index (χ3v) is 4.04. The van der Waals surface area contributed by atoms with E-state index in [0.717, 1.165) is 12.1 Å². The molecule has 0 amide bonds. The molecule has 1 aliphatic rings. The summed E-state index contributed by atoms with van der Waals surface area (Å²) in [5.74, 6) is -4.34. The lowest BCUT2D eigenvalue weighted by molar-refractivity contribution is -0.154. The molecule has 2 heterocycles. The number of aromatic nitrogens is 3. The molecule has 3 rings (SSSR count). The lowest BCUT2D eigenvalue weighted by atomic mass is 9.98. The number of hydrogen-bond acceptors (Lipinski definition) is 6. The zero-order valence-corrected chi connectivity index (χ0v) is 13.1. The Balaban J connectivity index is 1.91. The summed E-state index contributed by atoms with van der Waals surface area (Å²) in [4.78, 5) is 2.63. The molecule has 1 aromatic heterocycles. The van der Waals surface area contributed by atoms with Gasteiger partial charge in [-0.2, -0.15) is 0 Å². The van der Waals surface area contributed by atoms with E-state index in [0.29, 0.717) is 0 Å². The molecule has 26 heavy (non-hydrogen) atoms. The maximum absolute atomic E-state index is 13.4. The summed E-state index contributed by atoms with van der Waals surface area (Å²) < 4.78 is 46.3. The normalized spacial score (nSPS) is 25.7. The van der Waals surface area contributed by atoms with Crippen LogP contribution in [-0.2, 0) is 4.74 Å². The Kier molecular flexibility index (Phi) is 5.09. The number of ether oxygens (including phenoxy) is 1. The number of halogens is 3. The second-order valence-corrected chi connectivity index (χ2v) is 5.65. The van der Waals surface area contributed by atoms with Gasteiger partial charge in [-0.25, -0.2) is 17.9 Å². The van der Waals surface area contributed by atoms with E-state index in [2.05, 4.69) is 20.3 Å². The summed E-state index contributed by atoms with van der Waals surface area (Å²) in [6.07, 6.45) is -1.82. The number of nitrogens with zero attached hydrogens (tertiary/aromatic N) is 6. The van der Waals surface area contributed by atoms with Gasteiger partial charge in [-0.1, -0.05) is 10.3 Å². The van der Waals surface area contributed by atoms with Crippen LogP contribution in [0.2, 0.25) is 0 Å². The van der Waals surface area contributed by atoms with Crippen LogP contribution in [0.25, 0.3) is 21.7 Å². The molecule has 12 heteroatoms. The molecule has 1 saturated heterocycles. The highest BCUT2D eigenvalue weighted by Crippen LogP contribution is 2.31. The fourth-order valence-corrected chi connectivity index (χ4v) is 2.75. The lowest BCUT2D eigenvalue weighted by Gasteiger charge is -2.36. The number of aliphatic hydroxyl groups is 2. The molecule has 2 aromatic rings. The summed E-state index contributed by atoms with van der Waals surface area (Å²) in [6.45, 7) is -0.523. The summed E-state index contributed by atoms with van der Waals surface area (Å²) in [5, 5.41) is 30.6. The molecule has 0 spiro atoms. The fraction of sp³-hybridized carbons (Fsp3) is 0.429. The molecular weight excluding hydrogens is 357 g/mol. The molecule has 138 valence electrons. The summed E-state index contributed by atoms with van der Waals surface area (Å²) in [5.41, 5.74) is 8.55. The van der Waals surface area contributed by atoms with Crippen molar-refractivity contribution in [2.24, 2.45) is 5.11 Å². The van der Waals surface area contributed by atoms with Gasteiger partial charge < -0.3 is 14.9 Å². The number of aliphatic hydroxyl groups excluding tert-OH is 2. The Bertz CT molecular complexity index is 833. The van der Waals surface area contributed by atoms with Crippen LogP contribution in [0.5, 0.6) is 0 Å². The maximum atomic E-state index is 13.4. The van der Waals surface area contributed by atoms with Crippen molar-refractivity contribution < 1.29 is 28.1 Å². The van der Waals surface area contributed by atoms with E-state index in [1.54, 1.807) is 0 Å². The lowest BCUT2D eigenvalue weighted by Crippen LogP contribution is -2.47. The molecule has 1 aromatic carbocycles. The first kappa shape index (κ1) is 18.1. The Morgan fingerprint density at radius 1 is 1.35 bits per heavy atom. The van der Waals surface area contributed by atoms with E-state index in [-0.39, 0.29) is 17.7 Å². The molecule has 0 unspecified atom stereocenters. The number of rotatable bonds is 4. The minimum atomic E-state index is -1.59. The van der Waals surface area contributed by atoms with Gasteiger partial charge in [0.15, 0.2) is 17.5 Å². The van der Waals surface area contributed by atoms with Gasteiger partial charge in [0.25, 0.3) is 0 Å². The Morgan fingerprint density at radius 3 is 2.65 bits per heavy atom. The summed E-state index contributed by atoms with van der Waals surface area (Å²) >= 11 is 0. The SMILES string of the molecule is [N-]=[N+]=N[C@H]1C[C@@H](n2cc(-c3cc(F)c(F)c(F)c3)nn2)[C@@H](O)[C@@H](CO)O1. The van der Waals surface area contributed by atoms with Crippen LogP contribution in [-0.4, -0.2) is 50.2 Å². The van der Waals surface area contributed by atoms with Crippen LogP contribution in [0.4, 0.5) is 13.2 Å². The zero-order chi connectivity index (χ0) is 18.8. The molecule has 9 nitrogen and oxygen atoms in total. The van der Waals surface area contributed by atoms with Gasteiger partial charge in [-0.05, 0) is 17.7 Å². The molecule has 1 fully saturated rings. The van der Waals surface area contributed by atoms with Gasteiger partial charge in [0.2, 0.25) is 0 Å². The second kappa shape index (κ2) is 7.30. The largest absolute Gasteiger partial charge is 0.394 e. The van der Waals surface area contributed by atoms with Crippen LogP contribution in [0.3, 0.4) is 0 Å². The molecule has 4 atom stereocenters. The van der Waals surface area contributed by atoms with Crippen molar-refractivity contribution in [1.29, 1.82) is 0 Å². The average molecular weight is 370 g/mol. The molecular formula is C14H13F3N6O3. The topological polar surface area (TPSA) is 129 Å². The van der Waals surface area contributed by atoms with Crippen LogP contribution in [0.1, 0.15) is 12.5 Å². The van der Waals surface area contributed by atoms with Gasteiger partial charge in [0, 0.05) is 16.9 Å². The Hall–Kier alpha value is -2.66. The predicted molar refractivity (Wildman–Crippen MR) is 79.9 cm³/mol. The van der Waals surface area contributed by atoms with Crippen molar-refractivity contribution >= 4 is 0 Å². The van der Waals surface area contributed by atoms with E-state index < -0.39 is 48.5 Å². The third kappa shape index (κ3) is 3.35. The first-order chi connectivity index (χ1) is 12.4. The van der Waals surface area contributed by atoms with Crippen molar-refractivity contribution in [2.45, 2.75) is 30.9 Å². The molecule has 1 aliphatic heterocycles. The number of benzene rings is 1. The fourth-order valence-electron chi connectivity index (χ4n) is 2.75. The van der Waals surface area contributed by atoms with Crippen molar-refractivity contribution in [3.63, 3.8) is 0 Å². The first-order valence-electron chi connectivity index (χ1n) is 7.50. The summed E-state index contributed by atoms with van der Waals surface area (Å²) in [7, 11) is 0. The third-order valence-electron chi connectivity index (χ3n) is 4.04. The smallest absolute Gasteiger partial charge is 0.194 e. The first-order valence-corrected chi connectivity index (χ1v) is 7.50. The van der Waals surface area contributed by atoms with E-state index in [9.17, 15) is 23.4 Å². The van der Waals surface area contributed by atoms with E-state index >= 15 is 0 Å². The minimum Gasteiger partial charge on any atom is -0.394 e. The quantitative estimate of drug-likeness (QED) is 0.366. The highest BCUT2D eigenvalue weighted by atomic mass is 19.2. The zero-order valence-electron chi connectivity index (χ0n) is 13.1.